The Morgan fingerprint density at radius 3 is 2.10 bits per heavy atom. The Morgan fingerprint density at radius 2 is 1.63 bits per heavy atom. The summed E-state index contributed by atoms with van der Waals surface area (Å²) in [7, 11) is -2.32. The third-order valence-corrected chi connectivity index (χ3v) is 6.21. The van der Waals surface area contributed by atoms with Crippen molar-refractivity contribution in [1.82, 2.24) is 9.62 Å². The van der Waals surface area contributed by atoms with Crippen LogP contribution < -0.4 is 5.32 Å². The van der Waals surface area contributed by atoms with E-state index in [-0.39, 0.29) is 30.5 Å². The van der Waals surface area contributed by atoms with Crippen molar-refractivity contribution in [2.24, 2.45) is 0 Å². The van der Waals surface area contributed by atoms with Crippen LogP contribution in [0.25, 0.3) is 0 Å². The van der Waals surface area contributed by atoms with Gasteiger partial charge in [0, 0.05) is 6.54 Å². The first-order chi connectivity index (χ1) is 13.9. The normalized spacial score (nSPS) is 17.4. The number of hydrogen-bond acceptors (Lipinski definition) is 7. The van der Waals surface area contributed by atoms with Gasteiger partial charge in [-0.1, -0.05) is 0 Å². The van der Waals surface area contributed by atoms with Gasteiger partial charge < -0.3 is 14.8 Å². The van der Waals surface area contributed by atoms with Crippen LogP contribution in [0.1, 0.15) is 33.6 Å². The molecule has 0 aromatic heterocycles. The molecule has 1 N–H and O–H groups in total. The zero-order valence-electron chi connectivity index (χ0n) is 16.0. The average Bonchev–Trinajstić information content (AvgIpc) is 3.20. The number of nitrogens with one attached hydrogen (secondary N) is 1. The van der Waals surface area contributed by atoms with Crippen molar-refractivity contribution in [1.29, 1.82) is 0 Å². The Labute approximate surface area is 170 Å². The Bertz CT molecular complexity index is 913. The standard InChI is InChI=1S/C17H19F3N2O7S/c1-28-15(24)10-6-11(16(25)29-2)8-12(7-10)30(26,27)22-5-3-4-13(22)14(23)21-9-17(18,19)20/h6-8,13H,3-5,9H2,1-2H3,(H,21,23). The number of sulfonamides is 1. The first-order valence-corrected chi connectivity index (χ1v) is 10.0. The number of hydrogen-bond donors (Lipinski definition) is 1. The van der Waals surface area contributed by atoms with E-state index in [1.54, 1.807) is 5.32 Å². The lowest BCUT2D eigenvalue weighted by Gasteiger charge is -2.24. The summed E-state index contributed by atoms with van der Waals surface area (Å²) >= 11 is 0. The third kappa shape index (κ3) is 5.27. The Morgan fingerprint density at radius 1 is 1.10 bits per heavy atom. The lowest BCUT2D eigenvalue weighted by Crippen LogP contribution is -2.47. The zero-order chi connectivity index (χ0) is 22.7. The maximum Gasteiger partial charge on any atom is 0.405 e. The summed E-state index contributed by atoms with van der Waals surface area (Å²) < 4.78 is 73.2. The van der Waals surface area contributed by atoms with Gasteiger partial charge in [0.1, 0.15) is 12.6 Å². The number of halogens is 3. The molecule has 1 aromatic rings. The van der Waals surface area contributed by atoms with Crippen molar-refractivity contribution in [3.05, 3.63) is 29.3 Å². The van der Waals surface area contributed by atoms with Gasteiger partial charge in [0.2, 0.25) is 15.9 Å². The Hall–Kier alpha value is -2.67. The van der Waals surface area contributed by atoms with Gasteiger partial charge in [-0.2, -0.15) is 17.5 Å². The van der Waals surface area contributed by atoms with Gasteiger partial charge in [0.15, 0.2) is 0 Å². The van der Waals surface area contributed by atoms with E-state index >= 15 is 0 Å². The zero-order valence-corrected chi connectivity index (χ0v) is 16.8. The highest BCUT2D eigenvalue weighted by molar-refractivity contribution is 7.89. The van der Waals surface area contributed by atoms with Crippen molar-refractivity contribution in [3.8, 4) is 0 Å². The molecule has 166 valence electrons. The van der Waals surface area contributed by atoms with Crippen LogP contribution in [-0.2, 0) is 24.3 Å². The lowest BCUT2D eigenvalue weighted by molar-refractivity contribution is -0.140. The van der Waals surface area contributed by atoms with Gasteiger partial charge in [0.25, 0.3) is 0 Å². The molecule has 9 nitrogen and oxygen atoms in total. The molecule has 1 aromatic carbocycles. The van der Waals surface area contributed by atoms with Crippen LogP contribution in [0.3, 0.4) is 0 Å². The molecule has 0 radical (unpaired) electrons. The largest absolute Gasteiger partial charge is 0.465 e. The van der Waals surface area contributed by atoms with Crippen molar-refractivity contribution in [3.63, 3.8) is 0 Å². The fourth-order valence-electron chi connectivity index (χ4n) is 2.95. The van der Waals surface area contributed by atoms with Gasteiger partial charge in [-0.15, -0.1) is 0 Å². The first kappa shape index (κ1) is 23.6. The second kappa shape index (κ2) is 9.00. The highest BCUT2D eigenvalue weighted by Crippen LogP contribution is 2.28. The molecule has 0 spiro atoms. The van der Waals surface area contributed by atoms with Gasteiger partial charge >= 0.3 is 18.1 Å². The predicted octanol–water partition coefficient (Wildman–Crippen LogP) is 1.09. The van der Waals surface area contributed by atoms with Crippen LogP contribution in [-0.4, -0.2) is 70.1 Å². The van der Waals surface area contributed by atoms with E-state index in [1.165, 1.54) is 0 Å². The fraction of sp³-hybridized carbons (Fsp3) is 0.471. The molecule has 1 atom stereocenters. The second-order valence-corrected chi connectivity index (χ2v) is 8.23. The molecule has 1 saturated heterocycles. The van der Waals surface area contributed by atoms with Crippen molar-refractivity contribution in [2.75, 3.05) is 27.3 Å². The third-order valence-electron chi connectivity index (χ3n) is 4.32. The summed E-state index contributed by atoms with van der Waals surface area (Å²) in [6.07, 6.45) is -4.39. The van der Waals surface area contributed by atoms with Crippen LogP contribution in [0.5, 0.6) is 0 Å². The molecule has 0 bridgehead atoms. The molecule has 0 saturated carbocycles. The molecule has 1 aliphatic heterocycles. The molecule has 30 heavy (non-hydrogen) atoms. The quantitative estimate of drug-likeness (QED) is 0.642. The number of amides is 1. The van der Waals surface area contributed by atoms with E-state index in [9.17, 15) is 36.0 Å². The van der Waals surface area contributed by atoms with E-state index in [1.807, 2.05) is 0 Å². The van der Waals surface area contributed by atoms with Gasteiger partial charge in [-0.25, -0.2) is 18.0 Å². The Balaban J connectivity index is 2.42. The topological polar surface area (TPSA) is 119 Å². The minimum Gasteiger partial charge on any atom is -0.465 e. The molecule has 2 rings (SSSR count). The maximum atomic E-state index is 13.1. The van der Waals surface area contributed by atoms with Gasteiger partial charge in [-0.3, -0.25) is 4.79 Å². The molecule has 1 amide bonds. The van der Waals surface area contributed by atoms with E-state index in [2.05, 4.69) is 9.47 Å². The summed E-state index contributed by atoms with van der Waals surface area (Å²) in [6, 6.07) is 1.63. The Kier molecular flexibility index (Phi) is 7.08. The van der Waals surface area contributed by atoms with E-state index in [0.717, 1.165) is 36.7 Å². The molecule has 1 heterocycles. The second-order valence-electron chi connectivity index (χ2n) is 6.34. The highest BCUT2D eigenvalue weighted by Gasteiger charge is 2.41. The number of methoxy groups -OCH3 is 2. The maximum absolute atomic E-state index is 13.1. The van der Waals surface area contributed by atoms with Crippen LogP contribution >= 0.6 is 0 Å². The van der Waals surface area contributed by atoms with Crippen LogP contribution in [0.4, 0.5) is 13.2 Å². The lowest BCUT2D eigenvalue weighted by atomic mass is 10.1. The predicted molar refractivity (Wildman–Crippen MR) is 95.1 cm³/mol. The summed E-state index contributed by atoms with van der Waals surface area (Å²) in [5, 5.41) is 1.68. The monoisotopic (exact) mass is 452 g/mol. The van der Waals surface area contributed by atoms with Crippen molar-refractivity contribution in [2.45, 2.75) is 30.0 Å². The number of carbonyl (C=O) groups excluding carboxylic acids is 3. The number of ether oxygens (including phenoxy) is 2. The molecule has 1 aliphatic rings. The van der Waals surface area contributed by atoms with Crippen LogP contribution in [0.2, 0.25) is 0 Å². The van der Waals surface area contributed by atoms with Crippen molar-refractivity contribution >= 4 is 27.9 Å². The van der Waals surface area contributed by atoms with Crippen LogP contribution in [0.15, 0.2) is 23.1 Å². The highest BCUT2D eigenvalue weighted by atomic mass is 32.2. The molecule has 13 heteroatoms. The summed E-state index contributed by atoms with van der Waals surface area (Å²) in [5.74, 6) is -2.93. The summed E-state index contributed by atoms with van der Waals surface area (Å²) in [4.78, 5) is 35.4. The van der Waals surface area contributed by atoms with Gasteiger partial charge in [0.05, 0.1) is 30.2 Å². The minimum atomic E-state index is -4.65. The molecule has 0 aliphatic carbocycles. The van der Waals surface area contributed by atoms with E-state index in [4.69, 9.17) is 0 Å². The first-order valence-electron chi connectivity index (χ1n) is 8.58. The fourth-order valence-corrected chi connectivity index (χ4v) is 4.68. The number of alkyl halides is 3. The minimum absolute atomic E-state index is 0.0173. The molecule has 1 unspecified atom stereocenters. The SMILES string of the molecule is COC(=O)c1cc(C(=O)OC)cc(S(=O)(=O)N2CCCC2C(=O)NCC(F)(F)F)c1. The number of esters is 2. The van der Waals surface area contributed by atoms with Crippen molar-refractivity contribution < 1.29 is 45.4 Å². The number of carbonyl (C=O) groups is 3. The molecule has 1 fully saturated rings. The van der Waals surface area contributed by atoms with Gasteiger partial charge in [-0.05, 0) is 31.0 Å². The number of rotatable bonds is 6. The summed E-state index contributed by atoms with van der Waals surface area (Å²) in [6.45, 7) is -1.72. The number of benzene rings is 1. The van der Waals surface area contributed by atoms with E-state index < -0.39 is 51.5 Å². The number of nitrogens with zero attached hydrogens (tertiary/aromatic N) is 1. The van der Waals surface area contributed by atoms with E-state index in [0.29, 0.717) is 0 Å². The molecular weight excluding hydrogens is 433 g/mol. The smallest absolute Gasteiger partial charge is 0.405 e. The summed E-state index contributed by atoms with van der Waals surface area (Å²) in [5.41, 5.74) is -0.507. The van der Waals surface area contributed by atoms with Crippen LogP contribution in [0, 0.1) is 0 Å². The average molecular weight is 452 g/mol. The molecular formula is C17H19F3N2O7S.